The Hall–Kier alpha value is -6.49. The molecule has 4 rings (SSSR count). The number of hydrogen-bond donors (Lipinski definition) is 9. The molecule has 6 atom stereocenters. The predicted molar refractivity (Wildman–Crippen MR) is 204 cm³/mol. The second kappa shape index (κ2) is 20.4. The largest absolute Gasteiger partial charge is 0.508 e. The van der Waals surface area contributed by atoms with Gasteiger partial charge in [0, 0.05) is 32.2 Å². The first kappa shape index (κ1) is 43.2. The predicted octanol–water partition coefficient (Wildman–Crippen LogP) is 0.353. The van der Waals surface area contributed by atoms with Gasteiger partial charge in [-0.15, -0.1) is 0 Å². The van der Waals surface area contributed by atoms with Crippen LogP contribution in [0.1, 0.15) is 49.3 Å². The van der Waals surface area contributed by atoms with Crippen molar-refractivity contribution in [1.82, 2.24) is 26.2 Å². The number of hydrogen-bond acceptors (Lipinski definition) is 10. The zero-order valence-electron chi connectivity index (χ0n) is 31.3. The first-order valence-electron chi connectivity index (χ1n) is 18.4. The number of carbonyl (C=O) groups excluding carboxylic acids is 5. The van der Waals surface area contributed by atoms with Crippen molar-refractivity contribution < 1.29 is 54.0 Å². The molecule has 17 nitrogen and oxygen atoms in total. The van der Waals surface area contributed by atoms with Crippen LogP contribution in [0.4, 0.5) is 0 Å². The zero-order chi connectivity index (χ0) is 41.6. The minimum atomic E-state index is -1.52. The maximum absolute atomic E-state index is 14.3. The standard InChI is InChI=1S/C40H48N6O11/c1-23(41)35(51)43-30(21-25-9-13-27(47)14-10-25)36(52)44-31(20-24-6-3-2-4-7-24)37(53)45-32(22-26-11-15-28(48)16-12-26)39(55)46-19-5-8-33(46)38(54)42-29(40(56)57)17-18-34(49)50/h2-4,6-7,9-16,23,29-33,47-48H,5,8,17-22,41H2,1H3,(H,42,54)(H,43,51)(H,44,52)(H,45,53)(H,49,50)(H,56,57)/t23-,29-,30-,31-,32-,33-/m0/s1. The van der Waals surface area contributed by atoms with E-state index in [2.05, 4.69) is 21.3 Å². The zero-order valence-corrected chi connectivity index (χ0v) is 31.3. The highest BCUT2D eigenvalue weighted by molar-refractivity contribution is 5.97. The lowest BCUT2D eigenvalue weighted by atomic mass is 10.0. The summed E-state index contributed by atoms with van der Waals surface area (Å²) in [6.45, 7) is 1.54. The maximum Gasteiger partial charge on any atom is 0.326 e. The van der Waals surface area contributed by atoms with Gasteiger partial charge in [0.05, 0.1) is 6.04 Å². The molecule has 10 N–H and O–H groups in total. The van der Waals surface area contributed by atoms with Crippen molar-refractivity contribution in [3.63, 3.8) is 0 Å². The average molecular weight is 789 g/mol. The van der Waals surface area contributed by atoms with Gasteiger partial charge in [-0.3, -0.25) is 28.8 Å². The van der Waals surface area contributed by atoms with Gasteiger partial charge in [-0.1, -0.05) is 54.6 Å². The van der Waals surface area contributed by atoms with E-state index in [1.807, 2.05) is 0 Å². The highest BCUT2D eigenvalue weighted by Crippen LogP contribution is 2.21. The lowest BCUT2D eigenvalue weighted by Crippen LogP contribution is -2.60. The number of carboxylic acid groups (broad SMARTS) is 2. The van der Waals surface area contributed by atoms with Crippen LogP contribution in [0, 0.1) is 0 Å². The SMILES string of the molecule is C[C@H](N)C(=O)N[C@@H](Cc1ccc(O)cc1)C(=O)N[C@@H](Cc1ccccc1)C(=O)N[C@@H](Cc1ccc(O)cc1)C(=O)N1CCC[C@H]1C(=O)N[C@@H](CCC(=O)O)C(=O)O. The molecule has 17 heteroatoms. The molecule has 1 aliphatic heterocycles. The van der Waals surface area contributed by atoms with Gasteiger partial charge in [0.1, 0.15) is 41.7 Å². The first-order chi connectivity index (χ1) is 27.1. The Labute approximate surface area is 328 Å². The lowest BCUT2D eigenvalue weighted by Gasteiger charge is -2.31. The first-order valence-corrected chi connectivity index (χ1v) is 18.4. The minimum absolute atomic E-state index is 0.00329. The van der Waals surface area contributed by atoms with E-state index in [-0.39, 0.29) is 50.1 Å². The summed E-state index contributed by atoms with van der Waals surface area (Å²) in [6.07, 6.45) is -0.509. The number of rotatable bonds is 19. The maximum atomic E-state index is 14.3. The van der Waals surface area contributed by atoms with E-state index < -0.39 is 84.1 Å². The number of carboxylic acids is 2. The molecule has 304 valence electrons. The van der Waals surface area contributed by atoms with Gasteiger partial charge >= 0.3 is 11.9 Å². The Morgan fingerprint density at radius 1 is 0.667 bits per heavy atom. The number of nitrogens with zero attached hydrogens (tertiary/aromatic N) is 1. The van der Waals surface area contributed by atoms with E-state index >= 15 is 0 Å². The number of carbonyl (C=O) groups is 7. The number of phenols is 2. The van der Waals surface area contributed by atoms with E-state index in [0.717, 1.165) is 0 Å². The van der Waals surface area contributed by atoms with Crippen molar-refractivity contribution in [2.24, 2.45) is 5.73 Å². The summed E-state index contributed by atoms with van der Waals surface area (Å²) in [5, 5.41) is 48.7. The molecular weight excluding hydrogens is 740 g/mol. The van der Waals surface area contributed by atoms with Crippen LogP contribution in [0.2, 0.25) is 0 Å². The second-order valence-corrected chi connectivity index (χ2v) is 13.9. The summed E-state index contributed by atoms with van der Waals surface area (Å²) >= 11 is 0. The van der Waals surface area contributed by atoms with Crippen molar-refractivity contribution in [2.75, 3.05) is 6.54 Å². The van der Waals surface area contributed by atoms with Crippen LogP contribution in [0.3, 0.4) is 0 Å². The lowest BCUT2D eigenvalue weighted by molar-refractivity contribution is -0.145. The van der Waals surface area contributed by atoms with Crippen LogP contribution in [0.25, 0.3) is 0 Å². The Kier molecular flexibility index (Phi) is 15.5. The Bertz CT molecular complexity index is 1890. The topological polar surface area (TPSA) is 278 Å². The van der Waals surface area contributed by atoms with E-state index in [0.29, 0.717) is 23.1 Å². The summed E-state index contributed by atoms with van der Waals surface area (Å²) in [6, 6.07) is 13.2. The monoisotopic (exact) mass is 788 g/mol. The van der Waals surface area contributed by atoms with E-state index in [1.165, 1.54) is 36.1 Å². The molecular formula is C40H48N6O11. The number of likely N-dealkylation sites (tertiary alicyclic amines) is 1. The van der Waals surface area contributed by atoms with Crippen LogP contribution < -0.4 is 27.0 Å². The fraction of sp³-hybridized carbons (Fsp3) is 0.375. The molecule has 1 heterocycles. The van der Waals surface area contributed by atoms with E-state index in [1.54, 1.807) is 54.6 Å². The molecule has 0 aliphatic carbocycles. The van der Waals surface area contributed by atoms with Crippen LogP contribution in [0.5, 0.6) is 11.5 Å². The smallest absolute Gasteiger partial charge is 0.326 e. The molecule has 1 saturated heterocycles. The number of phenolic OH excluding ortho intramolecular Hbond substituents is 2. The minimum Gasteiger partial charge on any atom is -0.508 e. The molecule has 0 aromatic heterocycles. The second-order valence-electron chi connectivity index (χ2n) is 13.9. The number of aliphatic carboxylic acids is 2. The normalized spacial score (nSPS) is 16.2. The van der Waals surface area contributed by atoms with Gasteiger partial charge < -0.3 is 52.3 Å². The van der Waals surface area contributed by atoms with Crippen LogP contribution in [-0.4, -0.2) is 110 Å². The summed E-state index contributed by atoms with van der Waals surface area (Å²) in [7, 11) is 0. The van der Waals surface area contributed by atoms with Gasteiger partial charge in [0.2, 0.25) is 29.5 Å². The molecule has 1 fully saturated rings. The van der Waals surface area contributed by atoms with Crippen molar-refractivity contribution in [2.45, 2.75) is 88.1 Å². The number of nitrogens with one attached hydrogen (secondary N) is 4. The number of nitrogens with two attached hydrogens (primary N) is 1. The highest BCUT2D eigenvalue weighted by Gasteiger charge is 2.40. The third kappa shape index (κ3) is 13.1. The summed E-state index contributed by atoms with van der Waals surface area (Å²) in [5.41, 5.74) is 7.55. The van der Waals surface area contributed by atoms with Gasteiger partial charge in [-0.05, 0) is 67.1 Å². The third-order valence-electron chi connectivity index (χ3n) is 9.43. The molecule has 3 aromatic carbocycles. The number of aromatic hydroxyl groups is 2. The van der Waals surface area contributed by atoms with Crippen molar-refractivity contribution >= 4 is 41.5 Å². The molecule has 0 bridgehead atoms. The van der Waals surface area contributed by atoms with Crippen LogP contribution in [0.15, 0.2) is 78.9 Å². The van der Waals surface area contributed by atoms with Crippen LogP contribution in [-0.2, 0) is 52.8 Å². The van der Waals surface area contributed by atoms with Crippen molar-refractivity contribution in [3.05, 3.63) is 95.6 Å². The molecule has 0 radical (unpaired) electrons. The molecule has 0 spiro atoms. The molecule has 3 aromatic rings. The fourth-order valence-electron chi connectivity index (χ4n) is 6.35. The molecule has 0 unspecified atom stereocenters. The van der Waals surface area contributed by atoms with Gasteiger partial charge in [-0.25, -0.2) is 4.79 Å². The Morgan fingerprint density at radius 3 is 1.63 bits per heavy atom. The fourth-order valence-corrected chi connectivity index (χ4v) is 6.35. The van der Waals surface area contributed by atoms with E-state index in [9.17, 15) is 48.9 Å². The molecule has 1 aliphatic rings. The molecule has 57 heavy (non-hydrogen) atoms. The average Bonchev–Trinajstić information content (AvgIpc) is 3.67. The molecule has 0 saturated carbocycles. The van der Waals surface area contributed by atoms with Gasteiger partial charge in [0.25, 0.3) is 0 Å². The summed E-state index contributed by atoms with van der Waals surface area (Å²) in [4.78, 5) is 92.8. The molecule has 5 amide bonds. The van der Waals surface area contributed by atoms with Crippen molar-refractivity contribution in [1.29, 1.82) is 0 Å². The van der Waals surface area contributed by atoms with E-state index in [4.69, 9.17) is 10.8 Å². The van der Waals surface area contributed by atoms with Gasteiger partial charge in [-0.2, -0.15) is 0 Å². The van der Waals surface area contributed by atoms with Gasteiger partial charge in [0.15, 0.2) is 0 Å². The number of amides is 5. The Balaban J connectivity index is 1.63. The third-order valence-corrected chi connectivity index (χ3v) is 9.43. The van der Waals surface area contributed by atoms with Crippen LogP contribution >= 0.6 is 0 Å². The summed E-state index contributed by atoms with van der Waals surface area (Å²) < 4.78 is 0. The number of benzene rings is 3. The highest BCUT2D eigenvalue weighted by atomic mass is 16.4. The summed E-state index contributed by atoms with van der Waals surface area (Å²) in [5.74, 6) is -6.33. The quantitative estimate of drug-likeness (QED) is 0.0796. The Morgan fingerprint density at radius 2 is 1.14 bits per heavy atom. The van der Waals surface area contributed by atoms with Crippen molar-refractivity contribution in [3.8, 4) is 11.5 Å².